The van der Waals surface area contributed by atoms with Crippen LogP contribution < -0.4 is 5.73 Å². The molecule has 110 valence electrons. The molecule has 1 saturated heterocycles. The van der Waals surface area contributed by atoms with Crippen molar-refractivity contribution in [2.75, 3.05) is 26.8 Å². The lowest BCUT2D eigenvalue weighted by atomic mass is 9.94. The Balaban J connectivity index is 1.95. The molecule has 6 heteroatoms. The number of nitrogens with two attached hydrogens (primary N) is 1. The van der Waals surface area contributed by atoms with Gasteiger partial charge in [0, 0.05) is 45.3 Å². The Labute approximate surface area is 124 Å². The van der Waals surface area contributed by atoms with E-state index in [1.807, 2.05) is 19.2 Å². The molecule has 1 aromatic heterocycles. The molecule has 0 amide bonds. The zero-order valence-electron chi connectivity index (χ0n) is 11.7. The summed E-state index contributed by atoms with van der Waals surface area (Å²) in [6, 6.07) is 3.83. The Bertz CT molecular complexity index is 475. The lowest BCUT2D eigenvalue weighted by molar-refractivity contribution is -0.0777. The molecule has 0 atom stereocenters. The molecule has 0 aromatic carbocycles. The number of rotatable bonds is 5. The number of pyridine rings is 1. The van der Waals surface area contributed by atoms with Crippen molar-refractivity contribution in [2.45, 2.75) is 25.0 Å². The number of aliphatic hydroxyl groups is 1. The van der Waals surface area contributed by atoms with Gasteiger partial charge in [-0.2, -0.15) is 0 Å². The second kappa shape index (κ2) is 6.58. The SMILES string of the molecule is CN(Cc1ccnc(C(N)=S)c1)CC1(O)CCOCC1. The van der Waals surface area contributed by atoms with Gasteiger partial charge in [-0.15, -0.1) is 0 Å². The van der Waals surface area contributed by atoms with Gasteiger partial charge in [-0.05, 0) is 24.7 Å². The predicted octanol–water partition coefficient (Wildman–Crippen LogP) is 0.689. The molecule has 3 N–H and O–H groups in total. The molecule has 1 fully saturated rings. The maximum absolute atomic E-state index is 10.5. The highest BCUT2D eigenvalue weighted by molar-refractivity contribution is 7.80. The summed E-state index contributed by atoms with van der Waals surface area (Å²) in [5.74, 6) is 0. The molecule has 1 aromatic rings. The van der Waals surface area contributed by atoms with Crippen LogP contribution in [0.15, 0.2) is 18.3 Å². The van der Waals surface area contributed by atoms with E-state index in [9.17, 15) is 5.11 Å². The van der Waals surface area contributed by atoms with Gasteiger partial charge in [0.1, 0.15) is 4.99 Å². The molecule has 5 nitrogen and oxygen atoms in total. The molecule has 0 aliphatic carbocycles. The first-order valence-corrected chi connectivity index (χ1v) is 7.13. The number of hydrogen-bond acceptors (Lipinski definition) is 5. The number of thiocarbonyl (C=S) groups is 1. The molecule has 0 unspecified atom stereocenters. The lowest BCUT2D eigenvalue weighted by Crippen LogP contribution is -2.45. The third-order valence-corrected chi connectivity index (χ3v) is 3.73. The van der Waals surface area contributed by atoms with Crippen LogP contribution in [0.4, 0.5) is 0 Å². The van der Waals surface area contributed by atoms with Crippen LogP contribution in [0.2, 0.25) is 0 Å². The van der Waals surface area contributed by atoms with Crippen molar-refractivity contribution in [3.8, 4) is 0 Å². The van der Waals surface area contributed by atoms with E-state index in [-0.39, 0.29) is 0 Å². The van der Waals surface area contributed by atoms with Crippen molar-refractivity contribution in [1.82, 2.24) is 9.88 Å². The summed E-state index contributed by atoms with van der Waals surface area (Å²) in [5.41, 5.74) is 6.66. The Morgan fingerprint density at radius 1 is 1.55 bits per heavy atom. The average molecular weight is 295 g/mol. The van der Waals surface area contributed by atoms with E-state index in [0.29, 0.717) is 43.3 Å². The third kappa shape index (κ3) is 4.21. The maximum atomic E-state index is 10.5. The smallest absolute Gasteiger partial charge is 0.122 e. The van der Waals surface area contributed by atoms with E-state index >= 15 is 0 Å². The van der Waals surface area contributed by atoms with Crippen LogP contribution in [-0.2, 0) is 11.3 Å². The Kier molecular flexibility index (Phi) is 5.04. The summed E-state index contributed by atoms with van der Waals surface area (Å²) in [6.45, 7) is 2.61. The second-order valence-corrected chi connectivity index (χ2v) is 5.86. The standard InChI is InChI=1S/C14H21N3O2S/c1-17(10-14(18)3-6-19-7-4-14)9-11-2-5-16-12(8-11)13(15)20/h2,5,8,18H,3-4,6-7,9-10H2,1H3,(H2,15,20). The van der Waals surface area contributed by atoms with Crippen LogP contribution in [0, 0.1) is 0 Å². The zero-order chi connectivity index (χ0) is 14.6. The topological polar surface area (TPSA) is 71.6 Å². The molecule has 2 rings (SSSR count). The quantitative estimate of drug-likeness (QED) is 0.779. The molecule has 20 heavy (non-hydrogen) atoms. The normalized spacial score (nSPS) is 18.1. The highest BCUT2D eigenvalue weighted by Crippen LogP contribution is 2.21. The van der Waals surface area contributed by atoms with E-state index < -0.39 is 5.60 Å². The van der Waals surface area contributed by atoms with E-state index in [1.165, 1.54) is 0 Å². The fraction of sp³-hybridized carbons (Fsp3) is 0.571. The summed E-state index contributed by atoms with van der Waals surface area (Å²) in [5, 5.41) is 10.5. The van der Waals surface area contributed by atoms with Crippen molar-refractivity contribution in [2.24, 2.45) is 5.73 Å². The highest BCUT2D eigenvalue weighted by atomic mass is 32.1. The van der Waals surface area contributed by atoms with Gasteiger partial charge in [-0.25, -0.2) is 0 Å². The molecule has 0 radical (unpaired) electrons. The largest absolute Gasteiger partial charge is 0.388 e. The first-order valence-electron chi connectivity index (χ1n) is 6.72. The summed E-state index contributed by atoms with van der Waals surface area (Å²) in [4.78, 5) is 6.53. The predicted molar refractivity (Wildman–Crippen MR) is 81.5 cm³/mol. The summed E-state index contributed by atoms with van der Waals surface area (Å²) in [7, 11) is 1.99. The molecule has 0 spiro atoms. The van der Waals surface area contributed by atoms with Crippen molar-refractivity contribution in [3.63, 3.8) is 0 Å². The van der Waals surface area contributed by atoms with E-state index in [2.05, 4.69) is 9.88 Å². The molecular formula is C14H21N3O2S. The van der Waals surface area contributed by atoms with Crippen LogP contribution in [-0.4, -0.2) is 52.4 Å². The summed E-state index contributed by atoms with van der Waals surface area (Å²) < 4.78 is 5.29. The number of hydrogen-bond donors (Lipinski definition) is 2. The van der Waals surface area contributed by atoms with Crippen LogP contribution >= 0.6 is 12.2 Å². The minimum Gasteiger partial charge on any atom is -0.388 e. The van der Waals surface area contributed by atoms with E-state index in [4.69, 9.17) is 22.7 Å². The van der Waals surface area contributed by atoms with E-state index in [0.717, 1.165) is 12.1 Å². The minimum absolute atomic E-state index is 0.303. The molecule has 2 heterocycles. The maximum Gasteiger partial charge on any atom is 0.122 e. The molecular weight excluding hydrogens is 274 g/mol. The third-order valence-electron chi connectivity index (χ3n) is 3.52. The van der Waals surface area contributed by atoms with Crippen molar-refractivity contribution in [1.29, 1.82) is 0 Å². The van der Waals surface area contributed by atoms with Gasteiger partial charge in [0.25, 0.3) is 0 Å². The van der Waals surface area contributed by atoms with Gasteiger partial charge in [-0.1, -0.05) is 12.2 Å². The summed E-state index contributed by atoms with van der Waals surface area (Å²) >= 11 is 4.93. The fourth-order valence-electron chi connectivity index (χ4n) is 2.49. The second-order valence-electron chi connectivity index (χ2n) is 5.42. The molecule has 0 saturated carbocycles. The van der Waals surface area contributed by atoms with Crippen LogP contribution in [0.3, 0.4) is 0 Å². The molecule has 1 aliphatic heterocycles. The van der Waals surface area contributed by atoms with Crippen LogP contribution in [0.1, 0.15) is 24.1 Å². The minimum atomic E-state index is -0.647. The van der Waals surface area contributed by atoms with Crippen LogP contribution in [0.5, 0.6) is 0 Å². The first-order chi connectivity index (χ1) is 9.48. The van der Waals surface area contributed by atoms with Crippen molar-refractivity contribution in [3.05, 3.63) is 29.6 Å². The summed E-state index contributed by atoms with van der Waals surface area (Å²) in [6.07, 6.45) is 3.08. The van der Waals surface area contributed by atoms with Crippen molar-refractivity contribution >= 4 is 17.2 Å². The molecule has 1 aliphatic rings. The monoisotopic (exact) mass is 295 g/mol. The first kappa shape index (κ1) is 15.3. The molecule has 0 bridgehead atoms. The zero-order valence-corrected chi connectivity index (χ0v) is 12.5. The van der Waals surface area contributed by atoms with Gasteiger partial charge in [0.15, 0.2) is 0 Å². The Morgan fingerprint density at radius 2 is 2.25 bits per heavy atom. The fourth-order valence-corrected chi connectivity index (χ4v) is 2.60. The number of aromatic nitrogens is 1. The van der Waals surface area contributed by atoms with E-state index in [1.54, 1.807) is 6.20 Å². The van der Waals surface area contributed by atoms with Crippen molar-refractivity contribution < 1.29 is 9.84 Å². The number of nitrogens with zero attached hydrogens (tertiary/aromatic N) is 2. The lowest BCUT2D eigenvalue weighted by Gasteiger charge is -2.35. The number of ether oxygens (including phenoxy) is 1. The van der Waals surface area contributed by atoms with Gasteiger partial charge in [0.2, 0.25) is 0 Å². The Morgan fingerprint density at radius 3 is 2.90 bits per heavy atom. The van der Waals surface area contributed by atoms with Gasteiger partial charge < -0.3 is 15.6 Å². The van der Waals surface area contributed by atoms with Crippen LogP contribution in [0.25, 0.3) is 0 Å². The van der Waals surface area contributed by atoms with Gasteiger partial charge in [0.05, 0.1) is 11.3 Å². The average Bonchev–Trinajstić information content (AvgIpc) is 2.39. The van der Waals surface area contributed by atoms with Gasteiger partial charge >= 0.3 is 0 Å². The highest BCUT2D eigenvalue weighted by Gasteiger charge is 2.30. The number of likely N-dealkylation sites (N-methyl/N-ethyl adjacent to an activating group) is 1. The Hall–Kier alpha value is -1.08. The van der Waals surface area contributed by atoms with Gasteiger partial charge in [-0.3, -0.25) is 9.88 Å².